The number of aromatic amines is 1. The van der Waals surface area contributed by atoms with Crippen LogP contribution in [0.5, 0.6) is 11.5 Å². The fourth-order valence-electron chi connectivity index (χ4n) is 3.17. The summed E-state index contributed by atoms with van der Waals surface area (Å²) in [6.07, 6.45) is 1.92. The van der Waals surface area contributed by atoms with Crippen molar-refractivity contribution in [1.29, 1.82) is 0 Å². The van der Waals surface area contributed by atoms with E-state index in [0.717, 1.165) is 30.8 Å². The van der Waals surface area contributed by atoms with Gasteiger partial charge in [-0.15, -0.1) is 0 Å². The van der Waals surface area contributed by atoms with Crippen LogP contribution in [-0.2, 0) is 17.8 Å². The zero-order chi connectivity index (χ0) is 18.6. The van der Waals surface area contributed by atoms with Crippen LogP contribution in [0.1, 0.15) is 43.1 Å². The minimum atomic E-state index is -0.162. The monoisotopic (exact) mass is 373 g/mol. The first-order valence-electron chi connectivity index (χ1n) is 9.17. The lowest BCUT2D eigenvalue weighted by Gasteiger charge is -2.21. The molecule has 0 bridgehead atoms. The Kier molecular flexibility index (Phi) is 5.10. The van der Waals surface area contributed by atoms with Gasteiger partial charge in [-0.3, -0.25) is 5.10 Å². The van der Waals surface area contributed by atoms with E-state index < -0.39 is 0 Å². The zero-order valence-electron chi connectivity index (χ0n) is 15.2. The van der Waals surface area contributed by atoms with Crippen molar-refractivity contribution < 1.29 is 19.0 Å². The van der Waals surface area contributed by atoms with Gasteiger partial charge < -0.3 is 24.4 Å². The lowest BCUT2D eigenvalue weighted by atomic mass is 10.2. The summed E-state index contributed by atoms with van der Waals surface area (Å²) >= 11 is 0. The molecule has 2 amide bonds. The van der Waals surface area contributed by atoms with E-state index in [1.807, 2.05) is 25.1 Å². The molecule has 1 aromatic carbocycles. The molecule has 3 heterocycles. The summed E-state index contributed by atoms with van der Waals surface area (Å²) in [5.41, 5.74) is 0.983. The molecule has 27 heavy (non-hydrogen) atoms. The fourth-order valence-corrected chi connectivity index (χ4v) is 3.17. The highest BCUT2D eigenvalue weighted by Crippen LogP contribution is 2.32. The molecule has 2 aliphatic heterocycles. The number of nitrogens with one attached hydrogen (secondary N) is 2. The van der Waals surface area contributed by atoms with Crippen LogP contribution < -0.4 is 14.8 Å². The molecule has 1 atom stereocenters. The summed E-state index contributed by atoms with van der Waals surface area (Å²) in [6.45, 7) is 4.28. The van der Waals surface area contributed by atoms with Crippen molar-refractivity contribution in [3.05, 3.63) is 35.4 Å². The van der Waals surface area contributed by atoms with Crippen LogP contribution in [0.25, 0.3) is 0 Å². The van der Waals surface area contributed by atoms with Crippen molar-refractivity contribution in [1.82, 2.24) is 25.4 Å². The van der Waals surface area contributed by atoms with Gasteiger partial charge >= 0.3 is 6.03 Å². The number of H-pyrrole nitrogens is 1. The third kappa shape index (κ3) is 3.97. The maximum Gasteiger partial charge on any atom is 0.318 e. The number of amides is 2. The Labute approximate surface area is 157 Å². The molecular weight excluding hydrogens is 350 g/mol. The molecule has 0 spiro atoms. The van der Waals surface area contributed by atoms with Crippen LogP contribution in [-0.4, -0.2) is 46.1 Å². The summed E-state index contributed by atoms with van der Waals surface area (Å²) in [5, 5.41) is 9.94. The molecule has 1 fully saturated rings. The highest BCUT2D eigenvalue weighted by molar-refractivity contribution is 5.74. The van der Waals surface area contributed by atoms with Crippen LogP contribution in [0.4, 0.5) is 4.79 Å². The Morgan fingerprint density at radius 1 is 1.37 bits per heavy atom. The third-order valence-corrected chi connectivity index (χ3v) is 4.65. The van der Waals surface area contributed by atoms with Crippen LogP contribution in [0, 0.1) is 0 Å². The molecule has 144 valence electrons. The Morgan fingerprint density at radius 2 is 2.26 bits per heavy atom. The van der Waals surface area contributed by atoms with Crippen LogP contribution in [0.15, 0.2) is 18.2 Å². The predicted molar refractivity (Wildman–Crippen MR) is 95.2 cm³/mol. The molecule has 0 aliphatic carbocycles. The zero-order valence-corrected chi connectivity index (χ0v) is 15.2. The molecule has 1 unspecified atom stereocenters. The molecule has 1 aromatic heterocycles. The van der Waals surface area contributed by atoms with Crippen molar-refractivity contribution in [3.63, 3.8) is 0 Å². The summed E-state index contributed by atoms with van der Waals surface area (Å²) in [7, 11) is 0. The van der Waals surface area contributed by atoms with E-state index in [0.29, 0.717) is 30.5 Å². The van der Waals surface area contributed by atoms with Gasteiger partial charge in [0, 0.05) is 19.7 Å². The molecule has 9 nitrogen and oxygen atoms in total. The summed E-state index contributed by atoms with van der Waals surface area (Å²) in [5.74, 6) is 2.73. The standard InChI is InChI=1S/C18H23N5O4/c1-2-23(10-12-5-6-13-15(8-12)27-11-26-13)18(24)19-9-16-20-17(22-21-16)14-4-3-7-25-14/h5-6,8,14H,2-4,7,9-11H2,1H3,(H,19,24)(H,20,21,22). The normalized spacial score (nSPS) is 17.9. The van der Waals surface area contributed by atoms with Crippen LogP contribution in [0.3, 0.4) is 0 Å². The lowest BCUT2D eigenvalue weighted by molar-refractivity contribution is 0.105. The topological polar surface area (TPSA) is 102 Å². The van der Waals surface area contributed by atoms with Gasteiger partial charge in [0.05, 0.1) is 6.54 Å². The smallest absolute Gasteiger partial charge is 0.318 e. The number of hydrogen-bond donors (Lipinski definition) is 2. The average molecular weight is 373 g/mol. The highest BCUT2D eigenvalue weighted by Gasteiger charge is 2.22. The number of ether oxygens (including phenoxy) is 3. The number of carbonyl (C=O) groups is 1. The molecule has 4 rings (SSSR count). The molecule has 2 N–H and O–H groups in total. The Bertz CT molecular complexity index is 803. The van der Waals surface area contributed by atoms with E-state index in [2.05, 4.69) is 20.5 Å². The van der Waals surface area contributed by atoms with Crippen molar-refractivity contribution in [2.45, 2.75) is 39.0 Å². The molecule has 0 radical (unpaired) electrons. The van der Waals surface area contributed by atoms with E-state index in [1.54, 1.807) is 4.90 Å². The van der Waals surface area contributed by atoms with Gasteiger partial charge in [0.25, 0.3) is 0 Å². The number of fused-ring (bicyclic) bond motifs is 1. The quantitative estimate of drug-likeness (QED) is 0.804. The lowest BCUT2D eigenvalue weighted by Crippen LogP contribution is -2.39. The first-order valence-corrected chi connectivity index (χ1v) is 9.17. The molecule has 2 aliphatic rings. The maximum absolute atomic E-state index is 12.5. The van der Waals surface area contributed by atoms with Gasteiger partial charge in [-0.1, -0.05) is 6.07 Å². The average Bonchev–Trinajstić information content (AvgIpc) is 3.44. The Hall–Kier alpha value is -2.81. The molecule has 1 saturated heterocycles. The Balaban J connectivity index is 1.32. The van der Waals surface area contributed by atoms with E-state index in [-0.39, 0.29) is 25.5 Å². The van der Waals surface area contributed by atoms with Gasteiger partial charge in [-0.05, 0) is 37.5 Å². The molecular formula is C18H23N5O4. The molecule has 9 heteroatoms. The van der Waals surface area contributed by atoms with Crippen molar-refractivity contribution in [3.8, 4) is 11.5 Å². The second kappa shape index (κ2) is 7.83. The maximum atomic E-state index is 12.5. The van der Waals surface area contributed by atoms with E-state index in [4.69, 9.17) is 14.2 Å². The highest BCUT2D eigenvalue weighted by atomic mass is 16.7. The van der Waals surface area contributed by atoms with Gasteiger partial charge in [-0.25, -0.2) is 9.78 Å². The summed E-state index contributed by atoms with van der Waals surface area (Å²) in [4.78, 5) is 18.7. The summed E-state index contributed by atoms with van der Waals surface area (Å²) in [6, 6.07) is 5.55. The van der Waals surface area contributed by atoms with Gasteiger partial charge in [-0.2, -0.15) is 5.10 Å². The number of hydrogen-bond acceptors (Lipinski definition) is 6. The third-order valence-electron chi connectivity index (χ3n) is 4.65. The minimum absolute atomic E-state index is 0.0381. The SMILES string of the molecule is CCN(Cc1ccc2c(c1)OCO2)C(=O)NCc1nc(C2CCCO2)n[nH]1. The number of benzene rings is 1. The number of urea groups is 1. The van der Waals surface area contributed by atoms with E-state index >= 15 is 0 Å². The van der Waals surface area contributed by atoms with E-state index in [9.17, 15) is 4.79 Å². The van der Waals surface area contributed by atoms with Crippen LogP contribution in [0.2, 0.25) is 0 Å². The molecule has 0 saturated carbocycles. The van der Waals surface area contributed by atoms with Gasteiger partial charge in [0.15, 0.2) is 17.3 Å². The van der Waals surface area contributed by atoms with Gasteiger partial charge in [0.1, 0.15) is 11.9 Å². The Morgan fingerprint density at radius 3 is 3.07 bits per heavy atom. The largest absolute Gasteiger partial charge is 0.454 e. The number of rotatable bonds is 6. The fraction of sp³-hybridized carbons (Fsp3) is 0.500. The first-order chi connectivity index (χ1) is 13.2. The van der Waals surface area contributed by atoms with Gasteiger partial charge in [0.2, 0.25) is 6.79 Å². The van der Waals surface area contributed by atoms with Crippen molar-refractivity contribution in [2.24, 2.45) is 0 Å². The first kappa shape index (κ1) is 17.6. The second-order valence-electron chi connectivity index (χ2n) is 6.50. The minimum Gasteiger partial charge on any atom is -0.454 e. The van der Waals surface area contributed by atoms with Crippen LogP contribution >= 0.6 is 0 Å². The number of carbonyl (C=O) groups excluding carboxylic acids is 1. The molecule has 2 aromatic rings. The number of nitrogens with zero attached hydrogens (tertiary/aromatic N) is 3. The van der Waals surface area contributed by atoms with Crippen molar-refractivity contribution in [2.75, 3.05) is 19.9 Å². The number of aromatic nitrogens is 3. The van der Waals surface area contributed by atoms with E-state index in [1.165, 1.54) is 0 Å². The predicted octanol–water partition coefficient (Wildman–Crippen LogP) is 2.12. The van der Waals surface area contributed by atoms with Crippen molar-refractivity contribution >= 4 is 6.03 Å². The second-order valence-corrected chi connectivity index (χ2v) is 6.50. The summed E-state index contributed by atoms with van der Waals surface area (Å²) < 4.78 is 16.3.